The molecule has 1 rings (SSSR count). The van der Waals surface area contributed by atoms with Crippen molar-refractivity contribution in [2.75, 3.05) is 6.54 Å². The Kier molecular flexibility index (Phi) is 3.55. The fourth-order valence-electron chi connectivity index (χ4n) is 2.12. The molecule has 0 amide bonds. The van der Waals surface area contributed by atoms with E-state index in [1.54, 1.807) is 0 Å². The summed E-state index contributed by atoms with van der Waals surface area (Å²) in [6.45, 7) is 5.46. The third kappa shape index (κ3) is 3.05. The topological polar surface area (TPSA) is 49.3 Å². The highest BCUT2D eigenvalue weighted by atomic mass is 16.4. The quantitative estimate of drug-likeness (QED) is 0.678. The largest absolute Gasteiger partial charge is 0.478 e. The van der Waals surface area contributed by atoms with Crippen molar-refractivity contribution in [3.8, 4) is 0 Å². The van der Waals surface area contributed by atoms with Gasteiger partial charge in [0, 0.05) is 18.8 Å². The minimum atomic E-state index is -0.900. The molecule has 0 spiro atoms. The second-order valence-corrected chi connectivity index (χ2v) is 4.66. The van der Waals surface area contributed by atoms with Crippen molar-refractivity contribution < 1.29 is 9.90 Å². The van der Waals surface area contributed by atoms with Crippen LogP contribution in [-0.4, -0.2) is 17.6 Å². The Balaban J connectivity index is 2.28. The summed E-state index contributed by atoms with van der Waals surface area (Å²) in [5.74, 6) is -0.232. The number of aliphatic carboxylic acids is 1. The van der Waals surface area contributed by atoms with Gasteiger partial charge in [0.05, 0.1) is 0 Å². The van der Waals surface area contributed by atoms with E-state index in [1.165, 1.54) is 25.5 Å². The summed E-state index contributed by atoms with van der Waals surface area (Å²) in [7, 11) is 0. The third-order valence-electron chi connectivity index (χ3n) is 3.19. The number of carboxylic acid groups (broad SMARTS) is 1. The molecule has 0 aromatic carbocycles. The summed E-state index contributed by atoms with van der Waals surface area (Å²) in [6.07, 6.45) is 6.49. The van der Waals surface area contributed by atoms with E-state index < -0.39 is 5.97 Å². The van der Waals surface area contributed by atoms with Crippen molar-refractivity contribution in [1.82, 2.24) is 5.32 Å². The summed E-state index contributed by atoms with van der Waals surface area (Å²) in [4.78, 5) is 10.2. The van der Waals surface area contributed by atoms with Gasteiger partial charge in [-0.15, -0.1) is 0 Å². The molecule has 1 aliphatic rings. The summed E-state index contributed by atoms with van der Waals surface area (Å²) < 4.78 is 0. The van der Waals surface area contributed by atoms with Crippen LogP contribution in [0.5, 0.6) is 0 Å². The van der Waals surface area contributed by atoms with Crippen LogP contribution < -0.4 is 5.32 Å². The van der Waals surface area contributed by atoms with E-state index in [2.05, 4.69) is 19.2 Å². The molecule has 0 saturated heterocycles. The second kappa shape index (κ2) is 4.49. The van der Waals surface area contributed by atoms with Crippen molar-refractivity contribution in [2.45, 2.75) is 33.1 Å². The molecule has 0 bridgehead atoms. The molecular weight excluding hydrogens is 178 g/mol. The van der Waals surface area contributed by atoms with Gasteiger partial charge in [0.2, 0.25) is 0 Å². The van der Waals surface area contributed by atoms with Crippen LogP contribution in [0.2, 0.25) is 0 Å². The molecule has 2 N–H and O–H groups in total. The van der Waals surface area contributed by atoms with Crippen molar-refractivity contribution in [3.05, 3.63) is 12.3 Å². The Labute approximate surface area is 85.2 Å². The van der Waals surface area contributed by atoms with Crippen molar-refractivity contribution in [3.63, 3.8) is 0 Å². The molecule has 0 aromatic heterocycles. The maximum atomic E-state index is 10.2. The lowest BCUT2D eigenvalue weighted by Gasteiger charge is -2.26. The lowest BCUT2D eigenvalue weighted by Crippen LogP contribution is -2.27. The molecular formula is C11H19NO2. The first-order valence-corrected chi connectivity index (χ1v) is 5.15. The lowest BCUT2D eigenvalue weighted by molar-refractivity contribution is -0.131. The minimum absolute atomic E-state index is 0.407. The first-order valence-electron chi connectivity index (χ1n) is 5.15. The van der Waals surface area contributed by atoms with E-state index in [4.69, 9.17) is 5.11 Å². The van der Waals surface area contributed by atoms with Gasteiger partial charge in [0.1, 0.15) is 0 Å². The molecule has 80 valence electrons. The van der Waals surface area contributed by atoms with Gasteiger partial charge in [-0.2, -0.15) is 0 Å². The Morgan fingerprint density at radius 2 is 2.36 bits per heavy atom. The maximum Gasteiger partial charge on any atom is 0.329 e. The first kappa shape index (κ1) is 11.1. The van der Waals surface area contributed by atoms with Crippen LogP contribution in [0, 0.1) is 11.3 Å². The van der Waals surface area contributed by atoms with Crippen LogP contribution in [0.4, 0.5) is 0 Å². The summed E-state index contributed by atoms with van der Waals surface area (Å²) in [6, 6.07) is 0. The molecule has 1 aliphatic carbocycles. The molecule has 14 heavy (non-hydrogen) atoms. The summed E-state index contributed by atoms with van der Waals surface area (Å²) in [5, 5.41) is 11.4. The predicted octanol–water partition coefficient (Wildman–Crippen LogP) is 2.00. The van der Waals surface area contributed by atoms with E-state index in [-0.39, 0.29) is 0 Å². The van der Waals surface area contributed by atoms with Gasteiger partial charge in [-0.25, -0.2) is 4.79 Å². The maximum absolute atomic E-state index is 10.2. The number of nitrogens with one attached hydrogen (secondary N) is 1. The molecule has 3 heteroatoms. The smallest absolute Gasteiger partial charge is 0.329 e. The molecule has 3 nitrogen and oxygen atoms in total. The van der Waals surface area contributed by atoms with Gasteiger partial charge in [-0.1, -0.05) is 20.3 Å². The van der Waals surface area contributed by atoms with Crippen LogP contribution in [0.3, 0.4) is 0 Å². The molecule has 1 atom stereocenters. The molecule has 0 aromatic rings. The molecule has 0 aliphatic heterocycles. The molecule has 0 radical (unpaired) electrons. The number of rotatable bonds is 4. The third-order valence-corrected chi connectivity index (χ3v) is 3.19. The highest BCUT2D eigenvalue weighted by Gasteiger charge is 2.33. The number of hydrogen-bond donors (Lipinski definition) is 2. The highest BCUT2D eigenvalue weighted by molar-refractivity contribution is 5.79. The van der Waals surface area contributed by atoms with Crippen molar-refractivity contribution in [1.29, 1.82) is 0 Å². The van der Waals surface area contributed by atoms with Gasteiger partial charge in [-0.05, 0) is 24.2 Å². The van der Waals surface area contributed by atoms with Crippen molar-refractivity contribution >= 4 is 5.97 Å². The molecule has 1 saturated carbocycles. The van der Waals surface area contributed by atoms with Gasteiger partial charge in [-0.3, -0.25) is 0 Å². The molecule has 1 unspecified atom stereocenters. The van der Waals surface area contributed by atoms with E-state index in [9.17, 15) is 4.79 Å². The van der Waals surface area contributed by atoms with Crippen molar-refractivity contribution in [2.24, 2.45) is 11.3 Å². The van der Waals surface area contributed by atoms with E-state index >= 15 is 0 Å². The number of hydrogen-bond acceptors (Lipinski definition) is 2. The van der Waals surface area contributed by atoms with Gasteiger partial charge in [0.15, 0.2) is 0 Å². The van der Waals surface area contributed by atoms with E-state index in [1.807, 2.05) is 0 Å². The SMILES string of the molecule is CC1(C)CCCC1CN/C=C/C(=O)O. The first-order chi connectivity index (χ1) is 6.52. The number of carboxylic acids is 1. The highest BCUT2D eigenvalue weighted by Crippen LogP contribution is 2.41. The summed E-state index contributed by atoms with van der Waals surface area (Å²) in [5.41, 5.74) is 0.407. The Bertz CT molecular complexity index is 233. The van der Waals surface area contributed by atoms with Gasteiger partial charge >= 0.3 is 5.97 Å². The zero-order valence-electron chi connectivity index (χ0n) is 8.92. The predicted molar refractivity (Wildman–Crippen MR) is 55.9 cm³/mol. The minimum Gasteiger partial charge on any atom is -0.478 e. The zero-order valence-corrected chi connectivity index (χ0v) is 8.92. The fourth-order valence-corrected chi connectivity index (χ4v) is 2.12. The van der Waals surface area contributed by atoms with Crippen LogP contribution >= 0.6 is 0 Å². The summed E-state index contributed by atoms with van der Waals surface area (Å²) >= 11 is 0. The number of carbonyl (C=O) groups is 1. The zero-order chi connectivity index (χ0) is 10.6. The fraction of sp³-hybridized carbons (Fsp3) is 0.727. The standard InChI is InChI=1S/C11H19NO2/c1-11(2)6-3-4-9(11)8-12-7-5-10(13)14/h5,7,9,12H,3-4,6,8H2,1-2H3,(H,13,14)/b7-5+. The van der Waals surface area contributed by atoms with Crippen LogP contribution in [-0.2, 0) is 4.79 Å². The van der Waals surface area contributed by atoms with Gasteiger partial charge in [0.25, 0.3) is 0 Å². The van der Waals surface area contributed by atoms with E-state index in [0.717, 1.165) is 12.6 Å². The van der Waals surface area contributed by atoms with Crippen LogP contribution in [0.25, 0.3) is 0 Å². The Hall–Kier alpha value is -0.990. The van der Waals surface area contributed by atoms with Crippen LogP contribution in [0.15, 0.2) is 12.3 Å². The molecule has 1 fully saturated rings. The van der Waals surface area contributed by atoms with E-state index in [0.29, 0.717) is 11.3 Å². The average Bonchev–Trinajstić information content (AvgIpc) is 2.39. The van der Waals surface area contributed by atoms with Gasteiger partial charge < -0.3 is 10.4 Å². The normalized spacial score (nSPS) is 25.4. The lowest BCUT2D eigenvalue weighted by atomic mass is 9.82. The Morgan fingerprint density at radius 3 is 2.86 bits per heavy atom. The van der Waals surface area contributed by atoms with Crippen LogP contribution in [0.1, 0.15) is 33.1 Å². The Morgan fingerprint density at radius 1 is 1.64 bits per heavy atom. The average molecular weight is 197 g/mol. The monoisotopic (exact) mass is 197 g/mol. The second-order valence-electron chi connectivity index (χ2n) is 4.66. The molecule has 0 heterocycles.